The molecule has 0 aliphatic carbocycles. The molecule has 0 aliphatic heterocycles. The van der Waals surface area contributed by atoms with Gasteiger partial charge in [-0.1, -0.05) is 7.43 Å². The van der Waals surface area contributed by atoms with Gasteiger partial charge in [-0.05, 0) is 11.0 Å². The van der Waals surface area contributed by atoms with Crippen molar-refractivity contribution in [2.24, 2.45) is 0 Å². The van der Waals surface area contributed by atoms with Crippen LogP contribution >= 0.6 is 0 Å². The van der Waals surface area contributed by atoms with Crippen LogP contribution in [0.25, 0.3) is 0 Å². The summed E-state index contributed by atoms with van der Waals surface area (Å²) in [6.07, 6.45) is 0. The lowest BCUT2D eigenvalue weighted by atomic mass is 12.0. The SMILES string of the molecule is C.N.[Al].[SiH4]. The largest absolute Gasteiger partial charge is 0.344 e. The van der Waals surface area contributed by atoms with E-state index in [2.05, 4.69) is 0 Å². The molecule has 0 bridgehead atoms. The Morgan fingerprint density at radius 3 is 1.00 bits per heavy atom. The molecule has 27 valence electrons. The summed E-state index contributed by atoms with van der Waals surface area (Å²) < 4.78 is 0. The van der Waals surface area contributed by atoms with E-state index < -0.39 is 0 Å². The topological polar surface area (TPSA) is 35.0 Å². The zero-order chi connectivity index (χ0) is 0. The van der Waals surface area contributed by atoms with Crippen LogP contribution in [0.4, 0.5) is 0 Å². The summed E-state index contributed by atoms with van der Waals surface area (Å²) in [4.78, 5) is 0. The minimum absolute atomic E-state index is 0. The van der Waals surface area contributed by atoms with E-state index in [1.165, 1.54) is 0 Å². The van der Waals surface area contributed by atoms with Gasteiger partial charge < -0.3 is 6.15 Å². The zero-order valence-electron chi connectivity index (χ0n) is 1.28. The van der Waals surface area contributed by atoms with Gasteiger partial charge >= 0.3 is 0 Å². The first-order valence-electron chi connectivity index (χ1n) is 0. The smallest absolute Gasteiger partial charge is 0 e. The van der Waals surface area contributed by atoms with Gasteiger partial charge in [-0.15, -0.1) is 0 Å². The first-order valence-corrected chi connectivity index (χ1v) is 0. The van der Waals surface area contributed by atoms with Gasteiger partial charge in [0.15, 0.2) is 0 Å². The predicted molar refractivity (Wildman–Crippen MR) is 28.8 cm³/mol. The Bertz CT molecular complexity index is 8.00. The van der Waals surface area contributed by atoms with Crippen molar-refractivity contribution in [1.82, 2.24) is 6.15 Å². The van der Waals surface area contributed by atoms with Crippen LogP contribution in [-0.2, 0) is 0 Å². The molecule has 0 unspecified atom stereocenters. The van der Waals surface area contributed by atoms with Gasteiger partial charge in [0.1, 0.15) is 0 Å². The molecule has 0 atom stereocenters. The molecule has 0 aromatic rings. The van der Waals surface area contributed by atoms with E-state index in [4.69, 9.17) is 0 Å². The molecular formula is CH11AlNSi. The molecule has 0 saturated carbocycles. The summed E-state index contributed by atoms with van der Waals surface area (Å²) in [7, 11) is 0. The fourth-order valence-corrected chi connectivity index (χ4v) is 0. The van der Waals surface area contributed by atoms with Crippen molar-refractivity contribution in [2.75, 3.05) is 0 Å². The van der Waals surface area contributed by atoms with Crippen LogP contribution in [0, 0.1) is 0 Å². The standard InChI is InChI=1S/CH4.Al.H3N.H4Si/h1H4;;1H3;1H4. The summed E-state index contributed by atoms with van der Waals surface area (Å²) in [5.41, 5.74) is 0. The molecule has 0 spiro atoms. The summed E-state index contributed by atoms with van der Waals surface area (Å²) in [5.74, 6) is 0. The van der Waals surface area contributed by atoms with E-state index in [9.17, 15) is 0 Å². The Balaban J connectivity index is 0. The quantitative estimate of drug-likeness (QED) is 0.381. The Kier molecular flexibility index (Phi) is 1740. The van der Waals surface area contributed by atoms with E-state index in [1.54, 1.807) is 0 Å². The van der Waals surface area contributed by atoms with Gasteiger partial charge in [-0.2, -0.15) is 0 Å². The van der Waals surface area contributed by atoms with Crippen LogP contribution in [-0.4, -0.2) is 28.3 Å². The fourth-order valence-electron chi connectivity index (χ4n) is 0. The van der Waals surface area contributed by atoms with Crippen molar-refractivity contribution in [3.05, 3.63) is 0 Å². The molecule has 0 saturated heterocycles. The summed E-state index contributed by atoms with van der Waals surface area (Å²) >= 11 is 0. The third-order valence-corrected chi connectivity index (χ3v) is 0. The van der Waals surface area contributed by atoms with Crippen molar-refractivity contribution in [1.29, 1.82) is 0 Å². The minimum atomic E-state index is 0. The van der Waals surface area contributed by atoms with Crippen LogP contribution in [0.15, 0.2) is 0 Å². The van der Waals surface area contributed by atoms with E-state index in [0.29, 0.717) is 0 Å². The number of hydrogen-bond donors (Lipinski definition) is 1. The van der Waals surface area contributed by atoms with E-state index in [0.717, 1.165) is 0 Å². The second kappa shape index (κ2) is 54.1. The van der Waals surface area contributed by atoms with Gasteiger partial charge in [0.25, 0.3) is 0 Å². The highest BCUT2D eigenvalue weighted by Crippen LogP contribution is 0.144. The van der Waals surface area contributed by atoms with Crippen LogP contribution < -0.4 is 6.15 Å². The van der Waals surface area contributed by atoms with Crippen molar-refractivity contribution in [3.8, 4) is 0 Å². The summed E-state index contributed by atoms with van der Waals surface area (Å²) in [5, 5.41) is 0. The Labute approximate surface area is 42.5 Å². The fraction of sp³-hybridized carbons (Fsp3) is 1.00. The molecule has 0 fully saturated rings. The van der Waals surface area contributed by atoms with Gasteiger partial charge in [0, 0.05) is 17.4 Å². The molecular weight excluding hydrogens is 81.1 g/mol. The van der Waals surface area contributed by atoms with Crippen molar-refractivity contribution in [2.45, 2.75) is 7.43 Å². The van der Waals surface area contributed by atoms with Crippen LogP contribution in [0.5, 0.6) is 0 Å². The highest BCUT2D eigenvalue weighted by molar-refractivity contribution is 5.76. The highest BCUT2D eigenvalue weighted by atomic mass is 28.1. The van der Waals surface area contributed by atoms with Gasteiger partial charge in [-0.25, -0.2) is 0 Å². The maximum atomic E-state index is 0. The molecule has 0 rings (SSSR count). The normalized spacial score (nSPS) is 0. The van der Waals surface area contributed by atoms with E-state index in [1.807, 2.05) is 0 Å². The molecule has 0 aromatic carbocycles. The number of rotatable bonds is 0. The third kappa shape index (κ3) is 15.7. The molecule has 3 radical (unpaired) electrons. The van der Waals surface area contributed by atoms with Crippen molar-refractivity contribution < 1.29 is 0 Å². The molecule has 3 N–H and O–H groups in total. The zero-order valence-corrected chi connectivity index (χ0v) is 2.44. The summed E-state index contributed by atoms with van der Waals surface area (Å²) in [6, 6.07) is 0. The second-order valence-electron chi connectivity index (χ2n) is 0. The van der Waals surface area contributed by atoms with Crippen LogP contribution in [0.3, 0.4) is 0 Å². The van der Waals surface area contributed by atoms with Gasteiger partial charge in [0.2, 0.25) is 0 Å². The van der Waals surface area contributed by atoms with E-state index >= 15 is 0 Å². The monoisotopic (exact) mass is 92.0 g/mol. The molecule has 0 amide bonds. The maximum Gasteiger partial charge on any atom is 0 e. The van der Waals surface area contributed by atoms with Crippen LogP contribution in [0.2, 0.25) is 0 Å². The molecule has 0 heterocycles. The Morgan fingerprint density at radius 2 is 1.00 bits per heavy atom. The lowest BCUT2D eigenvalue weighted by molar-refractivity contribution is 2.13. The Morgan fingerprint density at radius 1 is 1.00 bits per heavy atom. The predicted octanol–water partition coefficient (Wildman–Crippen LogP) is -1.03. The molecule has 3 heteroatoms. The summed E-state index contributed by atoms with van der Waals surface area (Å²) in [6.45, 7) is 0. The maximum absolute atomic E-state index is 0. The average molecular weight is 92.2 g/mol. The van der Waals surface area contributed by atoms with Crippen molar-refractivity contribution >= 4 is 28.3 Å². The highest BCUT2D eigenvalue weighted by Gasteiger charge is 0.0000850. The van der Waals surface area contributed by atoms with Gasteiger partial charge in [-0.3, -0.25) is 0 Å². The minimum Gasteiger partial charge on any atom is -0.344 e. The Hall–Kier alpha value is 0.709. The average Bonchev–Trinajstić information content (AvgIpc) is 0. The molecule has 1 nitrogen and oxygen atoms in total. The first-order chi connectivity index (χ1) is 0. The molecule has 0 aliphatic rings. The van der Waals surface area contributed by atoms with E-state index in [-0.39, 0.29) is 41.9 Å². The second-order valence-corrected chi connectivity index (χ2v) is 0. The molecule has 4 heavy (non-hydrogen) atoms. The number of hydrogen-bond acceptors (Lipinski definition) is 1. The lowest BCUT2D eigenvalue weighted by Crippen LogP contribution is -0.481. The molecule has 0 aromatic heterocycles. The van der Waals surface area contributed by atoms with Gasteiger partial charge in [0.05, 0.1) is 0 Å². The first kappa shape index (κ1) is 129. The van der Waals surface area contributed by atoms with Crippen LogP contribution in [0.1, 0.15) is 7.43 Å². The lowest BCUT2D eigenvalue weighted by Gasteiger charge is -0.344. The van der Waals surface area contributed by atoms with Crippen molar-refractivity contribution in [3.63, 3.8) is 0 Å². The third-order valence-electron chi connectivity index (χ3n) is 0.